The minimum absolute atomic E-state index is 0.768. The van der Waals surface area contributed by atoms with Crippen LogP contribution in [-0.4, -0.2) is 62.7 Å². The van der Waals surface area contributed by atoms with E-state index < -0.39 is 0 Å². The predicted molar refractivity (Wildman–Crippen MR) is 93.9 cm³/mol. The molecule has 3 nitrogen and oxygen atoms in total. The van der Waals surface area contributed by atoms with Gasteiger partial charge in [-0.2, -0.15) is 0 Å². The molecule has 1 N–H and O–H groups in total. The summed E-state index contributed by atoms with van der Waals surface area (Å²) in [6.45, 7) is 13.0. The van der Waals surface area contributed by atoms with E-state index in [1.807, 2.05) is 0 Å². The molecular formula is C18H39N3. The Balaban J connectivity index is 2.35. The molecule has 0 saturated heterocycles. The first-order valence-electron chi connectivity index (χ1n) is 9.13. The van der Waals surface area contributed by atoms with Crippen LogP contribution in [0.5, 0.6) is 0 Å². The van der Waals surface area contributed by atoms with Gasteiger partial charge in [-0.15, -0.1) is 0 Å². The molecule has 2 unspecified atom stereocenters. The van der Waals surface area contributed by atoms with E-state index in [0.717, 1.165) is 17.9 Å². The molecule has 126 valence electrons. The van der Waals surface area contributed by atoms with Crippen molar-refractivity contribution in [3.05, 3.63) is 0 Å². The van der Waals surface area contributed by atoms with E-state index in [1.165, 1.54) is 64.8 Å². The SMILES string of the molecule is CCCNC1CCCC1CCN(CCN(C)C)CC(C)C. The minimum atomic E-state index is 0.768. The molecule has 1 rings (SSSR count). The number of rotatable bonds is 11. The Kier molecular flexibility index (Phi) is 9.54. The fourth-order valence-corrected chi connectivity index (χ4v) is 3.48. The van der Waals surface area contributed by atoms with Gasteiger partial charge in [-0.25, -0.2) is 0 Å². The zero-order valence-electron chi connectivity index (χ0n) is 15.2. The summed E-state index contributed by atoms with van der Waals surface area (Å²) in [6.07, 6.45) is 6.89. The molecule has 1 fully saturated rings. The van der Waals surface area contributed by atoms with Crippen LogP contribution in [0.1, 0.15) is 52.9 Å². The second-order valence-electron chi connectivity index (χ2n) is 7.54. The Morgan fingerprint density at radius 3 is 2.48 bits per heavy atom. The van der Waals surface area contributed by atoms with Crippen LogP contribution < -0.4 is 5.32 Å². The van der Waals surface area contributed by atoms with Crippen LogP contribution in [0, 0.1) is 11.8 Å². The average Bonchev–Trinajstić information content (AvgIpc) is 2.86. The molecule has 0 bridgehead atoms. The van der Waals surface area contributed by atoms with Gasteiger partial charge in [0.05, 0.1) is 0 Å². The third-order valence-corrected chi connectivity index (χ3v) is 4.62. The maximum absolute atomic E-state index is 3.77. The molecule has 3 heteroatoms. The van der Waals surface area contributed by atoms with Crippen molar-refractivity contribution in [2.24, 2.45) is 11.8 Å². The number of nitrogens with one attached hydrogen (secondary N) is 1. The van der Waals surface area contributed by atoms with Crippen LogP contribution in [-0.2, 0) is 0 Å². The van der Waals surface area contributed by atoms with Crippen molar-refractivity contribution < 1.29 is 0 Å². The largest absolute Gasteiger partial charge is 0.314 e. The van der Waals surface area contributed by atoms with E-state index in [9.17, 15) is 0 Å². The fourth-order valence-electron chi connectivity index (χ4n) is 3.48. The van der Waals surface area contributed by atoms with Crippen LogP contribution in [0.3, 0.4) is 0 Å². The summed E-state index contributed by atoms with van der Waals surface area (Å²) in [5, 5.41) is 3.77. The highest BCUT2D eigenvalue weighted by Crippen LogP contribution is 2.28. The highest BCUT2D eigenvalue weighted by molar-refractivity contribution is 4.83. The van der Waals surface area contributed by atoms with Crippen molar-refractivity contribution in [1.29, 1.82) is 0 Å². The van der Waals surface area contributed by atoms with E-state index in [-0.39, 0.29) is 0 Å². The van der Waals surface area contributed by atoms with E-state index in [0.29, 0.717) is 0 Å². The second-order valence-corrected chi connectivity index (χ2v) is 7.54. The lowest BCUT2D eigenvalue weighted by Gasteiger charge is -2.28. The summed E-state index contributed by atoms with van der Waals surface area (Å²) >= 11 is 0. The molecule has 1 saturated carbocycles. The molecule has 0 amide bonds. The third-order valence-electron chi connectivity index (χ3n) is 4.62. The molecule has 1 aliphatic carbocycles. The molecule has 1 aliphatic rings. The minimum Gasteiger partial charge on any atom is -0.314 e. The molecule has 0 aromatic rings. The van der Waals surface area contributed by atoms with E-state index >= 15 is 0 Å². The Bertz CT molecular complexity index is 253. The van der Waals surface area contributed by atoms with Crippen molar-refractivity contribution >= 4 is 0 Å². The lowest BCUT2D eigenvalue weighted by atomic mass is 9.98. The zero-order valence-corrected chi connectivity index (χ0v) is 15.2. The van der Waals surface area contributed by atoms with Crippen LogP contribution in [0.15, 0.2) is 0 Å². The molecule has 0 aromatic carbocycles. The highest BCUT2D eigenvalue weighted by atomic mass is 15.2. The van der Waals surface area contributed by atoms with E-state index in [2.05, 4.69) is 50.0 Å². The predicted octanol–water partition coefficient (Wildman–Crippen LogP) is 3.06. The Morgan fingerprint density at radius 1 is 1.10 bits per heavy atom. The molecule has 0 aromatic heterocycles. The Labute approximate surface area is 133 Å². The average molecular weight is 298 g/mol. The second kappa shape index (κ2) is 10.6. The van der Waals surface area contributed by atoms with Crippen molar-refractivity contribution in [1.82, 2.24) is 15.1 Å². The van der Waals surface area contributed by atoms with Gasteiger partial charge in [-0.3, -0.25) is 0 Å². The van der Waals surface area contributed by atoms with Gasteiger partial charge < -0.3 is 15.1 Å². The zero-order chi connectivity index (χ0) is 15.7. The van der Waals surface area contributed by atoms with Crippen molar-refractivity contribution in [3.63, 3.8) is 0 Å². The molecule has 2 atom stereocenters. The first-order chi connectivity index (χ1) is 10.0. The number of likely N-dealkylation sites (N-methyl/N-ethyl adjacent to an activating group) is 1. The summed E-state index contributed by atoms with van der Waals surface area (Å²) in [5.41, 5.74) is 0. The lowest BCUT2D eigenvalue weighted by molar-refractivity contribution is 0.200. The highest BCUT2D eigenvalue weighted by Gasteiger charge is 2.26. The Hall–Kier alpha value is -0.120. The molecule has 0 heterocycles. The fraction of sp³-hybridized carbons (Fsp3) is 1.00. The van der Waals surface area contributed by atoms with Gasteiger partial charge in [-0.05, 0) is 64.7 Å². The van der Waals surface area contributed by atoms with Crippen LogP contribution >= 0.6 is 0 Å². The molecule has 21 heavy (non-hydrogen) atoms. The normalized spacial score (nSPS) is 22.9. The van der Waals surface area contributed by atoms with Crippen LogP contribution in [0.25, 0.3) is 0 Å². The quantitative estimate of drug-likeness (QED) is 0.632. The molecule has 0 aliphatic heterocycles. The van der Waals surface area contributed by atoms with Crippen molar-refractivity contribution in [3.8, 4) is 0 Å². The first kappa shape index (κ1) is 18.9. The standard InChI is InChI=1S/C18H39N3/c1-6-11-19-18-9-7-8-17(18)10-12-21(15-16(2)3)14-13-20(4)5/h16-19H,6-15H2,1-5H3. The van der Waals surface area contributed by atoms with Gasteiger partial charge in [0.15, 0.2) is 0 Å². The van der Waals surface area contributed by atoms with Gasteiger partial charge in [0.25, 0.3) is 0 Å². The smallest absolute Gasteiger partial charge is 0.0109 e. The summed E-state index contributed by atoms with van der Waals surface area (Å²) in [6, 6.07) is 0.791. The summed E-state index contributed by atoms with van der Waals surface area (Å²) < 4.78 is 0. The summed E-state index contributed by atoms with van der Waals surface area (Å²) in [4.78, 5) is 4.98. The molecule has 0 radical (unpaired) electrons. The van der Waals surface area contributed by atoms with Crippen molar-refractivity contribution in [2.75, 3.05) is 46.8 Å². The van der Waals surface area contributed by atoms with Gasteiger partial charge in [-0.1, -0.05) is 27.2 Å². The molecular weight excluding hydrogens is 258 g/mol. The van der Waals surface area contributed by atoms with Crippen molar-refractivity contribution in [2.45, 2.75) is 58.9 Å². The van der Waals surface area contributed by atoms with E-state index in [1.54, 1.807) is 0 Å². The Morgan fingerprint density at radius 2 is 1.86 bits per heavy atom. The number of nitrogens with zero attached hydrogens (tertiary/aromatic N) is 2. The van der Waals surface area contributed by atoms with Gasteiger partial charge in [0.1, 0.15) is 0 Å². The topological polar surface area (TPSA) is 18.5 Å². The third kappa shape index (κ3) is 8.18. The van der Waals surface area contributed by atoms with Gasteiger partial charge >= 0.3 is 0 Å². The maximum atomic E-state index is 3.77. The molecule has 0 spiro atoms. The monoisotopic (exact) mass is 297 g/mol. The van der Waals surface area contributed by atoms with E-state index in [4.69, 9.17) is 0 Å². The van der Waals surface area contributed by atoms with Crippen LogP contribution in [0.4, 0.5) is 0 Å². The van der Waals surface area contributed by atoms with Crippen LogP contribution in [0.2, 0.25) is 0 Å². The summed E-state index contributed by atoms with van der Waals surface area (Å²) in [7, 11) is 4.35. The van der Waals surface area contributed by atoms with Gasteiger partial charge in [0.2, 0.25) is 0 Å². The maximum Gasteiger partial charge on any atom is 0.0109 e. The summed E-state index contributed by atoms with van der Waals surface area (Å²) in [5.74, 6) is 1.68. The van der Waals surface area contributed by atoms with Gasteiger partial charge in [0, 0.05) is 25.7 Å². The lowest BCUT2D eigenvalue weighted by Crippen LogP contribution is -2.38. The number of hydrogen-bond donors (Lipinski definition) is 1. The first-order valence-corrected chi connectivity index (χ1v) is 9.13. The number of hydrogen-bond acceptors (Lipinski definition) is 3.